The number of piperidine rings is 2. The van der Waals surface area contributed by atoms with Gasteiger partial charge in [0.15, 0.2) is 0 Å². The monoisotopic (exact) mass is 511 g/mol. The minimum absolute atomic E-state index is 0. The molecule has 0 spiro atoms. The molecular formula is C18H26N5NaO7S2. The molecule has 33 heavy (non-hydrogen) atoms. The second kappa shape index (κ2) is 9.91. The van der Waals surface area contributed by atoms with Crippen molar-refractivity contribution in [2.75, 3.05) is 19.6 Å². The van der Waals surface area contributed by atoms with E-state index in [4.69, 9.17) is 4.74 Å². The van der Waals surface area contributed by atoms with Crippen molar-refractivity contribution in [1.29, 1.82) is 0 Å². The zero-order chi connectivity index (χ0) is 23.3. The van der Waals surface area contributed by atoms with Crippen LogP contribution in [0.15, 0.2) is 0 Å². The molecule has 12 nitrogen and oxygen atoms in total. The number of carbonyl (C=O) groups excluding carboxylic acids is 2. The van der Waals surface area contributed by atoms with Gasteiger partial charge in [-0.1, -0.05) is 11.3 Å². The van der Waals surface area contributed by atoms with Crippen molar-refractivity contribution in [1.82, 2.24) is 25.1 Å². The van der Waals surface area contributed by atoms with E-state index < -0.39 is 28.1 Å². The maximum Gasteiger partial charge on any atom is 1.00 e. The maximum absolute atomic E-state index is 12.6. The summed E-state index contributed by atoms with van der Waals surface area (Å²) >= 11 is 1.43. The molecular weight excluding hydrogens is 485 g/mol. The van der Waals surface area contributed by atoms with Gasteiger partial charge in [-0.15, -0.1) is 10.2 Å². The number of rotatable bonds is 4. The molecule has 2 bridgehead atoms. The third-order valence-corrected chi connectivity index (χ3v) is 7.26. The molecule has 3 fully saturated rings. The Balaban J connectivity index is 0.00000306. The number of likely N-dealkylation sites (tertiary alicyclic amines) is 1. The third-order valence-electron chi connectivity index (χ3n) is 5.73. The molecule has 3 amide bonds. The van der Waals surface area contributed by atoms with E-state index >= 15 is 0 Å². The Labute approximate surface area is 218 Å². The summed E-state index contributed by atoms with van der Waals surface area (Å²) < 4.78 is 42.6. The van der Waals surface area contributed by atoms with Gasteiger partial charge >= 0.3 is 41.7 Å². The van der Waals surface area contributed by atoms with E-state index in [0.29, 0.717) is 36.0 Å². The first kappa shape index (κ1) is 26.6. The van der Waals surface area contributed by atoms with Crippen LogP contribution in [-0.4, -0.2) is 81.4 Å². The number of hydrogen-bond acceptors (Lipinski definition) is 10. The molecule has 0 aromatic carbocycles. The third kappa shape index (κ3) is 6.16. The van der Waals surface area contributed by atoms with Crippen molar-refractivity contribution in [3.63, 3.8) is 0 Å². The quantitative estimate of drug-likeness (QED) is 0.282. The molecule has 0 radical (unpaired) electrons. The van der Waals surface area contributed by atoms with E-state index in [1.54, 1.807) is 4.90 Å². The largest absolute Gasteiger partial charge is 1.00 e. The summed E-state index contributed by atoms with van der Waals surface area (Å²) in [5.74, 6) is 0.163. The maximum atomic E-state index is 12.6. The average Bonchev–Trinajstić information content (AvgIpc) is 3.27. The van der Waals surface area contributed by atoms with Crippen LogP contribution in [0.3, 0.4) is 0 Å². The number of fused-ring (bicyclic) bond motifs is 2. The van der Waals surface area contributed by atoms with Crippen LogP contribution < -0.4 is 29.6 Å². The first-order chi connectivity index (χ1) is 14.9. The van der Waals surface area contributed by atoms with E-state index in [0.717, 1.165) is 17.8 Å². The fourth-order valence-electron chi connectivity index (χ4n) is 4.27. The standard InChI is InChI=1S/C18H27N5O7S2.Na/c1-18(2,3)29-17(25)21-8-6-11(7-9-21)14-19-20-15(31-14)13-5-4-12-10-22(13)16(24)23(12)30-32(26,27)28;/h11-13H,4-10H2,1-3H3,(H,26,27,28);/q;+1/p-1/t12-,13+;/m1./s1. The van der Waals surface area contributed by atoms with Gasteiger partial charge in [0.2, 0.25) is 10.4 Å². The zero-order valence-electron chi connectivity index (χ0n) is 19.1. The Morgan fingerprint density at radius 2 is 1.76 bits per heavy atom. The van der Waals surface area contributed by atoms with Crippen molar-refractivity contribution >= 4 is 33.9 Å². The summed E-state index contributed by atoms with van der Waals surface area (Å²) in [6.07, 6.45) is 2.23. The van der Waals surface area contributed by atoms with Crippen LogP contribution in [-0.2, 0) is 19.4 Å². The summed E-state index contributed by atoms with van der Waals surface area (Å²) in [5.41, 5.74) is -0.535. The van der Waals surface area contributed by atoms with E-state index in [1.165, 1.54) is 16.2 Å². The molecule has 0 unspecified atom stereocenters. The van der Waals surface area contributed by atoms with Gasteiger partial charge in [-0.2, -0.15) is 9.35 Å². The van der Waals surface area contributed by atoms with Gasteiger partial charge in [-0.3, -0.25) is 0 Å². The Hall–Kier alpha value is -1.03. The molecule has 4 heterocycles. The Bertz CT molecular complexity index is 991. The molecule has 1 aromatic rings. The number of hydroxylamine groups is 2. The molecule has 0 saturated carbocycles. The average molecular weight is 512 g/mol. The normalized spacial score (nSPS) is 24.1. The van der Waals surface area contributed by atoms with Gasteiger partial charge in [0, 0.05) is 25.6 Å². The van der Waals surface area contributed by atoms with Gasteiger partial charge < -0.3 is 19.1 Å². The number of urea groups is 1. The zero-order valence-corrected chi connectivity index (χ0v) is 22.7. The van der Waals surface area contributed by atoms with Crippen molar-refractivity contribution in [2.45, 2.75) is 70.1 Å². The van der Waals surface area contributed by atoms with Gasteiger partial charge in [0.05, 0.1) is 12.1 Å². The van der Waals surface area contributed by atoms with Crippen LogP contribution in [0.5, 0.6) is 0 Å². The fourth-order valence-corrected chi connectivity index (χ4v) is 5.81. The first-order valence-corrected chi connectivity index (χ1v) is 12.6. The SMILES string of the molecule is CC(C)(C)OC(=O)N1CCC(c2nnc([C@@H]3CC[C@@H]4CN3C(=O)N4OS(=O)(=O)[O-])s2)CC1.[Na+]. The number of hydrogen-bond donors (Lipinski definition) is 0. The van der Waals surface area contributed by atoms with Crippen LogP contribution in [0, 0.1) is 0 Å². The summed E-state index contributed by atoms with van der Waals surface area (Å²) in [6, 6.07) is -1.47. The molecule has 3 saturated heterocycles. The minimum Gasteiger partial charge on any atom is -0.724 e. The van der Waals surface area contributed by atoms with Gasteiger partial charge in [0.1, 0.15) is 15.6 Å². The van der Waals surface area contributed by atoms with Crippen molar-refractivity contribution in [2.24, 2.45) is 0 Å². The molecule has 3 aliphatic heterocycles. The van der Waals surface area contributed by atoms with Crippen LogP contribution in [0.1, 0.15) is 68.4 Å². The number of carbonyl (C=O) groups is 2. The molecule has 2 atom stereocenters. The Morgan fingerprint density at radius 3 is 2.36 bits per heavy atom. The van der Waals surface area contributed by atoms with Gasteiger partial charge in [-0.05, 0) is 46.5 Å². The summed E-state index contributed by atoms with van der Waals surface area (Å²) in [6.45, 7) is 6.92. The van der Waals surface area contributed by atoms with Crippen LogP contribution in [0.4, 0.5) is 9.59 Å². The number of aromatic nitrogens is 2. The smallest absolute Gasteiger partial charge is 0.724 e. The van der Waals surface area contributed by atoms with Crippen molar-refractivity contribution < 1.29 is 61.1 Å². The van der Waals surface area contributed by atoms with Crippen LogP contribution >= 0.6 is 11.3 Å². The predicted octanol–water partition coefficient (Wildman–Crippen LogP) is -1.01. The predicted molar refractivity (Wildman–Crippen MR) is 110 cm³/mol. The Kier molecular flexibility index (Phi) is 7.98. The van der Waals surface area contributed by atoms with E-state index in [9.17, 15) is 22.6 Å². The van der Waals surface area contributed by atoms with Crippen molar-refractivity contribution in [3.05, 3.63) is 10.0 Å². The van der Waals surface area contributed by atoms with Gasteiger partial charge in [0.25, 0.3) is 0 Å². The van der Waals surface area contributed by atoms with Crippen molar-refractivity contribution in [3.8, 4) is 0 Å². The number of nitrogens with zero attached hydrogens (tertiary/aromatic N) is 5. The number of ether oxygens (including phenoxy) is 1. The minimum atomic E-state index is -5.03. The van der Waals surface area contributed by atoms with Gasteiger partial charge in [-0.25, -0.2) is 18.0 Å². The molecule has 178 valence electrons. The summed E-state index contributed by atoms with van der Waals surface area (Å²) in [4.78, 5) is 28.0. The summed E-state index contributed by atoms with van der Waals surface area (Å²) in [7, 11) is -5.03. The molecule has 0 aliphatic carbocycles. The van der Waals surface area contributed by atoms with E-state index in [1.807, 2.05) is 20.8 Å². The molecule has 3 aliphatic rings. The second-order valence-electron chi connectivity index (χ2n) is 9.21. The van der Waals surface area contributed by atoms with E-state index in [-0.39, 0.29) is 54.2 Å². The second-order valence-corrected chi connectivity index (χ2v) is 11.2. The van der Waals surface area contributed by atoms with Crippen LogP contribution in [0.2, 0.25) is 0 Å². The van der Waals surface area contributed by atoms with E-state index in [2.05, 4.69) is 14.5 Å². The fraction of sp³-hybridized carbons (Fsp3) is 0.778. The number of amides is 3. The Morgan fingerprint density at radius 1 is 1.12 bits per heavy atom. The first-order valence-electron chi connectivity index (χ1n) is 10.5. The summed E-state index contributed by atoms with van der Waals surface area (Å²) in [5, 5.41) is 10.8. The van der Waals surface area contributed by atoms with Crippen LogP contribution in [0.25, 0.3) is 0 Å². The topological polar surface area (TPSA) is 145 Å². The molecule has 15 heteroatoms. The molecule has 1 aromatic heterocycles. The molecule has 0 N–H and O–H groups in total. The molecule has 4 rings (SSSR count).